The van der Waals surface area contributed by atoms with Crippen LogP contribution in [0.1, 0.15) is 0 Å². The normalized spacial score (nSPS) is 10.9. The maximum atomic E-state index is 5.92. The van der Waals surface area contributed by atoms with Gasteiger partial charge in [0.15, 0.2) is 0 Å². The van der Waals surface area contributed by atoms with Crippen molar-refractivity contribution < 1.29 is 0 Å². The molecule has 0 aromatic carbocycles. The molecule has 0 unspecified atom stereocenters. The van der Waals surface area contributed by atoms with E-state index >= 15 is 0 Å². The highest BCUT2D eigenvalue weighted by Gasteiger charge is 2.11. The van der Waals surface area contributed by atoms with Crippen LogP contribution in [0.25, 0.3) is 0 Å². The molecule has 14 heavy (non-hydrogen) atoms. The summed E-state index contributed by atoms with van der Waals surface area (Å²) in [5, 5.41) is 1.76. The van der Waals surface area contributed by atoms with Gasteiger partial charge in [0, 0.05) is 0 Å². The number of halogens is 4. The molecule has 0 atom stereocenters. The lowest BCUT2D eigenvalue weighted by molar-refractivity contribution is 0.672. The van der Waals surface area contributed by atoms with E-state index in [1.165, 1.54) is 9.35 Å². The highest BCUT2D eigenvalue weighted by Crippen LogP contribution is 2.26. The minimum atomic E-state index is 0.440. The van der Waals surface area contributed by atoms with Crippen molar-refractivity contribution in [1.82, 2.24) is 9.35 Å². The Kier molecular flexibility index (Phi) is 2.71. The first kappa shape index (κ1) is 10.2. The highest BCUT2D eigenvalue weighted by molar-refractivity contribution is 6.35. The van der Waals surface area contributed by atoms with Crippen molar-refractivity contribution in [3.63, 3.8) is 0 Å². The molecule has 0 saturated heterocycles. The van der Waals surface area contributed by atoms with Crippen LogP contribution in [0, 0.1) is 0 Å². The predicted molar refractivity (Wildman–Crippen MR) is 59.7 cm³/mol. The summed E-state index contributed by atoms with van der Waals surface area (Å²) in [5.41, 5.74) is 0. The van der Waals surface area contributed by atoms with Gasteiger partial charge in [-0.15, -0.1) is 0 Å². The molecule has 74 valence electrons. The van der Waals surface area contributed by atoms with Crippen LogP contribution in [0.4, 0.5) is 0 Å². The average Bonchev–Trinajstić information content (AvgIpc) is 2.60. The quantitative estimate of drug-likeness (QED) is 0.734. The van der Waals surface area contributed by atoms with E-state index in [0.717, 1.165) is 0 Å². The van der Waals surface area contributed by atoms with E-state index in [4.69, 9.17) is 46.4 Å². The fourth-order valence-corrected chi connectivity index (χ4v) is 2.15. The molecule has 0 spiro atoms. The number of hydrogen-bond acceptors (Lipinski definition) is 0. The van der Waals surface area contributed by atoms with E-state index in [0.29, 0.717) is 20.6 Å². The summed E-state index contributed by atoms with van der Waals surface area (Å²) in [6.07, 6.45) is 0. The van der Waals surface area contributed by atoms with Gasteiger partial charge in [-0.3, -0.25) is 0 Å². The third kappa shape index (κ3) is 1.52. The molecule has 0 bridgehead atoms. The van der Waals surface area contributed by atoms with Crippen LogP contribution < -0.4 is 0 Å². The van der Waals surface area contributed by atoms with Gasteiger partial charge < -0.3 is 0 Å². The number of nitrogens with zero attached hydrogens (tertiary/aromatic N) is 2. The molecule has 2 aromatic heterocycles. The van der Waals surface area contributed by atoms with E-state index in [2.05, 4.69) is 0 Å². The molecule has 0 amide bonds. The Morgan fingerprint density at radius 1 is 0.571 bits per heavy atom. The van der Waals surface area contributed by atoms with Crippen LogP contribution in [0.2, 0.25) is 20.6 Å². The highest BCUT2D eigenvalue weighted by atomic mass is 35.5. The van der Waals surface area contributed by atoms with Crippen molar-refractivity contribution in [2.75, 3.05) is 0 Å². The smallest absolute Gasteiger partial charge is 0.130 e. The van der Waals surface area contributed by atoms with E-state index in [9.17, 15) is 0 Å². The lowest BCUT2D eigenvalue weighted by Gasteiger charge is -2.10. The second-order valence-corrected chi connectivity index (χ2v) is 4.13. The van der Waals surface area contributed by atoms with Crippen LogP contribution in [0.3, 0.4) is 0 Å². The maximum absolute atomic E-state index is 5.92. The minimum absolute atomic E-state index is 0.440. The molecule has 0 aliphatic carbocycles. The molecule has 0 fully saturated rings. The van der Waals surface area contributed by atoms with Gasteiger partial charge in [-0.1, -0.05) is 46.4 Å². The van der Waals surface area contributed by atoms with Crippen LogP contribution in [-0.4, -0.2) is 9.35 Å². The predicted octanol–water partition coefficient (Wildman–Crippen LogP) is 4.21. The summed E-state index contributed by atoms with van der Waals surface area (Å²) in [6, 6.07) is 6.65. The zero-order valence-corrected chi connectivity index (χ0v) is 9.74. The summed E-state index contributed by atoms with van der Waals surface area (Å²) in [7, 11) is 0. The topological polar surface area (TPSA) is 9.86 Å². The van der Waals surface area contributed by atoms with Gasteiger partial charge in [-0.2, -0.15) is 0 Å². The van der Waals surface area contributed by atoms with Crippen molar-refractivity contribution in [1.29, 1.82) is 0 Å². The molecule has 0 aliphatic heterocycles. The van der Waals surface area contributed by atoms with E-state index in [-0.39, 0.29) is 0 Å². The monoisotopic (exact) mass is 268 g/mol. The van der Waals surface area contributed by atoms with Gasteiger partial charge in [-0.25, -0.2) is 9.35 Å². The van der Waals surface area contributed by atoms with Gasteiger partial charge in [-0.05, 0) is 24.3 Å². The van der Waals surface area contributed by atoms with Gasteiger partial charge in [0.2, 0.25) is 0 Å². The molecule has 0 saturated carbocycles. The fourth-order valence-electron chi connectivity index (χ4n) is 1.14. The summed E-state index contributed by atoms with van der Waals surface area (Å²) >= 11 is 23.7. The first-order valence-electron chi connectivity index (χ1n) is 3.67. The lowest BCUT2D eigenvalue weighted by atomic mass is 10.7. The molecule has 0 radical (unpaired) electrons. The average molecular weight is 270 g/mol. The Morgan fingerprint density at radius 2 is 0.786 bits per heavy atom. The van der Waals surface area contributed by atoms with Crippen molar-refractivity contribution in [2.45, 2.75) is 0 Å². The fraction of sp³-hybridized carbons (Fsp3) is 0. The Hall–Kier alpha value is -0.280. The Labute approximate surface area is 101 Å². The summed E-state index contributed by atoms with van der Waals surface area (Å²) < 4.78 is 3.02. The molecule has 0 aliphatic rings. The lowest BCUT2D eigenvalue weighted by Crippen LogP contribution is -2.08. The van der Waals surface area contributed by atoms with E-state index in [1.807, 2.05) is 0 Å². The standard InChI is InChI=1S/C8H4Cl4N2/c9-5-1-2-6(10)13(5)14-7(11)3-4-8(14)12/h1-4H. The number of aromatic nitrogens is 2. The van der Waals surface area contributed by atoms with E-state index in [1.54, 1.807) is 24.3 Å². The maximum Gasteiger partial charge on any atom is 0.130 e. The second-order valence-electron chi connectivity index (χ2n) is 2.58. The molecule has 2 nitrogen and oxygen atoms in total. The Balaban J connectivity index is 2.71. The van der Waals surface area contributed by atoms with Crippen LogP contribution in [-0.2, 0) is 0 Å². The third-order valence-corrected chi connectivity index (χ3v) is 2.87. The molecule has 0 N–H and O–H groups in total. The van der Waals surface area contributed by atoms with Gasteiger partial charge >= 0.3 is 0 Å². The van der Waals surface area contributed by atoms with Crippen LogP contribution >= 0.6 is 46.4 Å². The van der Waals surface area contributed by atoms with Crippen molar-refractivity contribution in [3.05, 3.63) is 44.9 Å². The molecule has 6 heteroatoms. The SMILES string of the molecule is Clc1ccc(Cl)n1-n1c(Cl)ccc1Cl. The van der Waals surface area contributed by atoms with Crippen molar-refractivity contribution >= 4 is 46.4 Å². The summed E-state index contributed by atoms with van der Waals surface area (Å²) in [5.74, 6) is 0. The summed E-state index contributed by atoms with van der Waals surface area (Å²) in [6.45, 7) is 0. The van der Waals surface area contributed by atoms with E-state index < -0.39 is 0 Å². The summed E-state index contributed by atoms with van der Waals surface area (Å²) in [4.78, 5) is 0. The Bertz CT molecular complexity index is 388. The molecule has 2 heterocycles. The molecular formula is C8H4Cl4N2. The minimum Gasteiger partial charge on any atom is -0.224 e. The largest absolute Gasteiger partial charge is 0.224 e. The first-order chi connectivity index (χ1) is 6.61. The van der Waals surface area contributed by atoms with Crippen LogP contribution in [0.5, 0.6) is 0 Å². The Morgan fingerprint density at radius 3 is 1.00 bits per heavy atom. The molecular weight excluding hydrogens is 266 g/mol. The zero-order valence-electron chi connectivity index (χ0n) is 6.72. The number of rotatable bonds is 1. The molecule has 2 rings (SSSR count). The number of hydrogen-bond donors (Lipinski definition) is 0. The third-order valence-electron chi connectivity index (χ3n) is 1.73. The van der Waals surface area contributed by atoms with Crippen molar-refractivity contribution in [3.8, 4) is 0 Å². The zero-order chi connectivity index (χ0) is 10.3. The van der Waals surface area contributed by atoms with Crippen LogP contribution in [0.15, 0.2) is 24.3 Å². The van der Waals surface area contributed by atoms with Gasteiger partial charge in [0.25, 0.3) is 0 Å². The molecule has 2 aromatic rings. The second kappa shape index (κ2) is 3.70. The van der Waals surface area contributed by atoms with Gasteiger partial charge in [0.05, 0.1) is 0 Å². The van der Waals surface area contributed by atoms with Crippen molar-refractivity contribution in [2.24, 2.45) is 0 Å². The first-order valence-corrected chi connectivity index (χ1v) is 5.18. The van der Waals surface area contributed by atoms with Gasteiger partial charge in [0.1, 0.15) is 20.6 Å².